The quantitative estimate of drug-likeness (QED) is 0.238. The Morgan fingerprint density at radius 3 is 2.48 bits per heavy atom. The fraction of sp³-hybridized carbons (Fsp3) is 0.480. The second-order valence-corrected chi connectivity index (χ2v) is 8.15. The molecule has 0 bridgehead atoms. The van der Waals surface area contributed by atoms with E-state index >= 15 is 0 Å². The third-order valence-electron chi connectivity index (χ3n) is 5.38. The summed E-state index contributed by atoms with van der Waals surface area (Å²) in [5, 5.41) is 0. The minimum Gasteiger partial charge on any atom is -0.457 e. The zero-order chi connectivity index (χ0) is 20.4. The number of esters is 1. The van der Waals surface area contributed by atoms with Gasteiger partial charge in [0, 0.05) is 5.57 Å². The van der Waals surface area contributed by atoms with E-state index in [2.05, 4.69) is 59.9 Å². The molecule has 148 valence electrons. The van der Waals surface area contributed by atoms with Crippen LogP contribution in [-0.2, 0) is 9.53 Å². The van der Waals surface area contributed by atoms with Crippen molar-refractivity contribution in [2.75, 3.05) is 6.61 Å². The highest BCUT2D eigenvalue weighted by Gasteiger charge is 2.25. The highest BCUT2D eigenvalue weighted by Crippen LogP contribution is 2.37. The van der Waals surface area contributed by atoms with E-state index in [4.69, 9.17) is 4.74 Å². The lowest BCUT2D eigenvalue weighted by molar-refractivity contribution is -0.138. The van der Waals surface area contributed by atoms with Gasteiger partial charge in [0.2, 0.25) is 0 Å². The molecule has 0 fully saturated rings. The molecule has 2 heteroatoms. The van der Waals surface area contributed by atoms with Crippen molar-refractivity contribution in [1.82, 2.24) is 0 Å². The molecule has 0 aliphatic heterocycles. The summed E-state index contributed by atoms with van der Waals surface area (Å²) in [7, 11) is 0. The molecule has 0 saturated carbocycles. The fourth-order valence-corrected chi connectivity index (χ4v) is 2.98. The number of carbonyl (C=O) groups is 1. The highest BCUT2D eigenvalue weighted by molar-refractivity contribution is 5.89. The van der Waals surface area contributed by atoms with Gasteiger partial charge >= 0.3 is 5.97 Å². The molecular weight excluding hydrogens is 332 g/mol. The Morgan fingerprint density at radius 2 is 1.96 bits per heavy atom. The molecule has 0 atom stereocenters. The predicted octanol–water partition coefficient (Wildman–Crippen LogP) is 6.88. The van der Waals surface area contributed by atoms with Crippen LogP contribution in [0.2, 0.25) is 0 Å². The zero-order valence-corrected chi connectivity index (χ0v) is 17.8. The van der Waals surface area contributed by atoms with Crippen molar-refractivity contribution >= 4 is 5.97 Å². The van der Waals surface area contributed by atoms with Crippen molar-refractivity contribution < 1.29 is 9.53 Å². The summed E-state index contributed by atoms with van der Waals surface area (Å²) in [6.45, 7) is 18.9. The first-order valence-corrected chi connectivity index (χ1v) is 9.87. The molecule has 0 saturated heterocycles. The van der Waals surface area contributed by atoms with Crippen molar-refractivity contribution in [3.63, 3.8) is 0 Å². The van der Waals surface area contributed by atoms with Gasteiger partial charge in [0.25, 0.3) is 0 Å². The topological polar surface area (TPSA) is 26.3 Å². The molecule has 1 aliphatic rings. The third kappa shape index (κ3) is 7.58. The monoisotopic (exact) mass is 368 g/mol. The Labute approximate surface area is 166 Å². The summed E-state index contributed by atoms with van der Waals surface area (Å²) in [4.78, 5) is 12.3. The Balaban J connectivity index is 2.59. The van der Waals surface area contributed by atoms with Gasteiger partial charge in [0.15, 0.2) is 0 Å². The van der Waals surface area contributed by atoms with Crippen LogP contribution in [0, 0.1) is 11.3 Å². The Hall–Kier alpha value is -2.09. The summed E-state index contributed by atoms with van der Waals surface area (Å²) >= 11 is 0. The molecule has 0 aromatic rings. The van der Waals surface area contributed by atoms with Crippen LogP contribution in [0.1, 0.15) is 60.3 Å². The molecular formula is C25H36O2. The normalized spacial score (nSPS) is 15.9. The van der Waals surface area contributed by atoms with Crippen LogP contribution >= 0.6 is 0 Å². The van der Waals surface area contributed by atoms with Crippen molar-refractivity contribution in [2.45, 2.75) is 60.3 Å². The SMILES string of the molecule is C=C/C=C(\C=C)COC(=O)C1=CCC(C(C)(C)CC/C=C(\C)C(C)C)=CC1. The van der Waals surface area contributed by atoms with Gasteiger partial charge < -0.3 is 4.74 Å². The van der Waals surface area contributed by atoms with Crippen LogP contribution < -0.4 is 0 Å². The lowest BCUT2D eigenvalue weighted by atomic mass is 9.76. The van der Waals surface area contributed by atoms with E-state index in [0.717, 1.165) is 30.4 Å². The zero-order valence-electron chi connectivity index (χ0n) is 17.8. The van der Waals surface area contributed by atoms with Crippen molar-refractivity contribution in [3.8, 4) is 0 Å². The lowest BCUT2D eigenvalue weighted by Gasteiger charge is -2.29. The maximum absolute atomic E-state index is 12.3. The summed E-state index contributed by atoms with van der Waals surface area (Å²) in [6.07, 6.45) is 15.4. The van der Waals surface area contributed by atoms with E-state index in [1.807, 2.05) is 6.08 Å². The van der Waals surface area contributed by atoms with Gasteiger partial charge in [-0.3, -0.25) is 0 Å². The minimum absolute atomic E-state index is 0.141. The number of allylic oxidation sites excluding steroid dienone is 7. The first-order valence-electron chi connectivity index (χ1n) is 9.87. The lowest BCUT2D eigenvalue weighted by Crippen LogP contribution is -2.18. The largest absolute Gasteiger partial charge is 0.457 e. The molecule has 0 amide bonds. The third-order valence-corrected chi connectivity index (χ3v) is 5.38. The van der Waals surface area contributed by atoms with E-state index < -0.39 is 0 Å². The molecule has 2 nitrogen and oxygen atoms in total. The average molecular weight is 369 g/mol. The summed E-state index contributed by atoms with van der Waals surface area (Å²) < 4.78 is 5.39. The number of carbonyl (C=O) groups excluding carboxylic acids is 1. The molecule has 0 aromatic carbocycles. The fourth-order valence-electron chi connectivity index (χ4n) is 2.98. The van der Waals surface area contributed by atoms with E-state index in [1.165, 1.54) is 11.1 Å². The highest BCUT2D eigenvalue weighted by atomic mass is 16.5. The van der Waals surface area contributed by atoms with Crippen LogP contribution in [0.5, 0.6) is 0 Å². The van der Waals surface area contributed by atoms with Crippen molar-refractivity contribution in [2.24, 2.45) is 11.3 Å². The van der Waals surface area contributed by atoms with Crippen LogP contribution in [-0.4, -0.2) is 12.6 Å². The number of hydrogen-bond acceptors (Lipinski definition) is 2. The molecule has 0 heterocycles. The minimum atomic E-state index is -0.240. The molecule has 0 spiro atoms. The maximum atomic E-state index is 12.3. The molecule has 0 aromatic heterocycles. The second-order valence-electron chi connectivity index (χ2n) is 8.15. The smallest absolute Gasteiger partial charge is 0.334 e. The molecule has 0 radical (unpaired) electrons. The van der Waals surface area contributed by atoms with Gasteiger partial charge in [-0.1, -0.05) is 88.5 Å². The molecule has 0 N–H and O–H groups in total. The standard InChI is InChI=1S/C25H36O2/c1-8-11-21(9-2)18-27-24(26)22-13-15-23(16-14-22)25(6,7)17-10-12-20(5)19(3)4/h8-9,11-13,16,19H,1-2,10,14-15,17-18H2,3-7H3/b20-12+,21-11+. The van der Waals surface area contributed by atoms with Gasteiger partial charge in [-0.25, -0.2) is 4.79 Å². The van der Waals surface area contributed by atoms with E-state index in [1.54, 1.807) is 18.2 Å². The number of ether oxygens (including phenoxy) is 1. The first kappa shape index (κ1) is 23.0. The maximum Gasteiger partial charge on any atom is 0.334 e. The van der Waals surface area contributed by atoms with Crippen LogP contribution in [0.25, 0.3) is 0 Å². The molecule has 0 unspecified atom stereocenters. The molecule has 27 heavy (non-hydrogen) atoms. The summed E-state index contributed by atoms with van der Waals surface area (Å²) in [6, 6.07) is 0. The molecule has 1 aliphatic carbocycles. The second kappa shape index (κ2) is 10.9. The summed E-state index contributed by atoms with van der Waals surface area (Å²) in [5.41, 5.74) is 4.59. The van der Waals surface area contributed by atoms with Crippen LogP contribution in [0.3, 0.4) is 0 Å². The average Bonchev–Trinajstić information content (AvgIpc) is 2.64. The van der Waals surface area contributed by atoms with Gasteiger partial charge in [-0.05, 0) is 49.5 Å². The Bertz CT molecular complexity index is 666. The van der Waals surface area contributed by atoms with E-state index in [0.29, 0.717) is 12.3 Å². The van der Waals surface area contributed by atoms with Crippen molar-refractivity contribution in [1.29, 1.82) is 0 Å². The van der Waals surface area contributed by atoms with Gasteiger partial charge in [0.1, 0.15) is 6.61 Å². The first-order chi connectivity index (χ1) is 12.7. The predicted molar refractivity (Wildman–Crippen MR) is 116 cm³/mol. The van der Waals surface area contributed by atoms with E-state index in [-0.39, 0.29) is 18.0 Å². The number of rotatable bonds is 10. The summed E-state index contributed by atoms with van der Waals surface area (Å²) in [5.74, 6) is 0.372. The van der Waals surface area contributed by atoms with Gasteiger partial charge in [-0.2, -0.15) is 0 Å². The van der Waals surface area contributed by atoms with Crippen molar-refractivity contribution in [3.05, 3.63) is 71.9 Å². The van der Waals surface area contributed by atoms with Crippen LogP contribution in [0.4, 0.5) is 0 Å². The van der Waals surface area contributed by atoms with Gasteiger partial charge in [0.05, 0.1) is 0 Å². The van der Waals surface area contributed by atoms with Gasteiger partial charge in [-0.15, -0.1) is 0 Å². The van der Waals surface area contributed by atoms with E-state index in [9.17, 15) is 4.79 Å². The number of hydrogen-bond donors (Lipinski definition) is 0. The Kier molecular flexibility index (Phi) is 9.28. The molecule has 1 rings (SSSR count). The Morgan fingerprint density at radius 1 is 1.26 bits per heavy atom. The van der Waals surface area contributed by atoms with Crippen LogP contribution in [0.15, 0.2) is 71.9 Å².